The van der Waals surface area contributed by atoms with Crippen LogP contribution in [-0.4, -0.2) is 43.8 Å². The van der Waals surface area contributed by atoms with Crippen LogP contribution >= 0.6 is 0 Å². The molecule has 0 saturated carbocycles. The molecule has 11 heteroatoms. The van der Waals surface area contributed by atoms with E-state index >= 15 is 0 Å². The lowest BCUT2D eigenvalue weighted by atomic mass is 9.91. The van der Waals surface area contributed by atoms with Gasteiger partial charge in [-0.25, -0.2) is 4.79 Å². The fourth-order valence-electron chi connectivity index (χ4n) is 3.06. The highest BCUT2D eigenvalue weighted by molar-refractivity contribution is 5.97. The SMILES string of the molecule is C=N/C(C(=O)N[C@@H](C)C(=O)O[C@@H](C)[C@@H](C)c1ccccc1C(F)(F)F)=C(OC(C)=O)\C(=C/C)OC. The summed E-state index contributed by atoms with van der Waals surface area (Å²) in [6, 6.07) is 3.80. The second kappa shape index (κ2) is 12.7. The molecule has 0 saturated heterocycles. The van der Waals surface area contributed by atoms with E-state index in [1.807, 2.05) is 0 Å². The standard InChI is InChI=1S/C24H29F3N2O6/c1-8-19(33-7)21(35-16(5)30)20(28-6)22(31)29-14(3)23(32)34-15(4)13(2)17-11-9-10-12-18(17)24(25,26)27/h8-15H,6H2,1-5,7H3,(H,29,31)/b19-8+,21-20+/t13-,14+,15+/m1/s1. The normalized spacial score (nSPS) is 15.2. The van der Waals surface area contributed by atoms with Crippen molar-refractivity contribution in [2.45, 2.75) is 58.9 Å². The molecule has 1 aromatic rings. The minimum absolute atomic E-state index is 0.0254. The Morgan fingerprint density at radius 1 is 1.14 bits per heavy atom. The summed E-state index contributed by atoms with van der Waals surface area (Å²) in [5.41, 5.74) is -1.27. The number of alkyl halides is 3. The minimum Gasteiger partial charge on any atom is -0.493 e. The molecule has 0 radical (unpaired) electrons. The Morgan fingerprint density at radius 3 is 2.23 bits per heavy atom. The van der Waals surface area contributed by atoms with Crippen molar-refractivity contribution in [3.05, 3.63) is 58.7 Å². The molecule has 0 aliphatic rings. The van der Waals surface area contributed by atoms with Crippen LogP contribution in [0.25, 0.3) is 0 Å². The number of hydrogen-bond acceptors (Lipinski definition) is 7. The highest BCUT2D eigenvalue weighted by atomic mass is 19.4. The number of nitrogens with zero attached hydrogens (tertiary/aromatic N) is 1. The Morgan fingerprint density at radius 2 is 1.74 bits per heavy atom. The summed E-state index contributed by atoms with van der Waals surface area (Å²) >= 11 is 0. The van der Waals surface area contributed by atoms with Crippen molar-refractivity contribution in [2.75, 3.05) is 7.11 Å². The van der Waals surface area contributed by atoms with Crippen LogP contribution in [0.15, 0.2) is 52.5 Å². The van der Waals surface area contributed by atoms with Gasteiger partial charge in [0.1, 0.15) is 12.1 Å². The highest BCUT2D eigenvalue weighted by Gasteiger charge is 2.36. The van der Waals surface area contributed by atoms with Gasteiger partial charge in [-0.15, -0.1) is 0 Å². The van der Waals surface area contributed by atoms with E-state index in [9.17, 15) is 27.6 Å². The van der Waals surface area contributed by atoms with Crippen LogP contribution in [0, 0.1) is 0 Å². The van der Waals surface area contributed by atoms with Gasteiger partial charge in [-0.2, -0.15) is 13.2 Å². The summed E-state index contributed by atoms with van der Waals surface area (Å²) < 4.78 is 55.5. The average molecular weight is 498 g/mol. The number of benzene rings is 1. The first-order valence-corrected chi connectivity index (χ1v) is 10.6. The van der Waals surface area contributed by atoms with Gasteiger partial charge in [-0.3, -0.25) is 14.6 Å². The zero-order chi connectivity index (χ0) is 26.9. The Kier molecular flexibility index (Phi) is 10.7. The molecular formula is C24H29F3N2O6. The van der Waals surface area contributed by atoms with E-state index in [4.69, 9.17) is 14.2 Å². The quantitative estimate of drug-likeness (QED) is 0.170. The van der Waals surface area contributed by atoms with Crippen LogP contribution in [0.3, 0.4) is 0 Å². The molecular weight excluding hydrogens is 469 g/mol. The van der Waals surface area contributed by atoms with Gasteiger partial charge in [-0.1, -0.05) is 25.1 Å². The molecule has 35 heavy (non-hydrogen) atoms. The number of carbonyl (C=O) groups is 3. The number of carbonyl (C=O) groups excluding carboxylic acids is 3. The number of halogens is 3. The van der Waals surface area contributed by atoms with Crippen molar-refractivity contribution in [1.29, 1.82) is 0 Å². The Hall–Kier alpha value is -3.63. The number of aliphatic imine (C=N–C) groups is 1. The van der Waals surface area contributed by atoms with E-state index in [-0.39, 0.29) is 17.1 Å². The Bertz CT molecular complexity index is 1020. The summed E-state index contributed by atoms with van der Waals surface area (Å²) in [7, 11) is 1.29. The number of methoxy groups -OCH3 is 1. The molecule has 1 aromatic carbocycles. The lowest BCUT2D eigenvalue weighted by molar-refractivity contribution is -0.152. The first-order chi connectivity index (χ1) is 16.3. The second-order valence-corrected chi connectivity index (χ2v) is 7.50. The van der Waals surface area contributed by atoms with Gasteiger partial charge in [0.2, 0.25) is 5.76 Å². The fraction of sp³-hybridized carbons (Fsp3) is 0.417. The van der Waals surface area contributed by atoms with Crippen molar-refractivity contribution in [1.82, 2.24) is 5.32 Å². The predicted molar refractivity (Wildman–Crippen MR) is 122 cm³/mol. The van der Waals surface area contributed by atoms with E-state index in [1.165, 1.54) is 52.2 Å². The highest BCUT2D eigenvalue weighted by Crippen LogP contribution is 2.36. The first-order valence-electron chi connectivity index (χ1n) is 10.6. The molecule has 8 nitrogen and oxygen atoms in total. The fourth-order valence-corrected chi connectivity index (χ4v) is 3.06. The number of nitrogens with one attached hydrogen (secondary N) is 1. The molecule has 0 bridgehead atoms. The molecule has 3 atom stereocenters. The van der Waals surface area contributed by atoms with Gasteiger partial charge in [0.25, 0.3) is 5.91 Å². The predicted octanol–water partition coefficient (Wildman–Crippen LogP) is 4.27. The van der Waals surface area contributed by atoms with Crippen molar-refractivity contribution in [2.24, 2.45) is 4.99 Å². The number of rotatable bonds is 10. The van der Waals surface area contributed by atoms with Gasteiger partial charge >= 0.3 is 18.1 Å². The Labute approximate surface area is 201 Å². The molecule has 1 N–H and O–H groups in total. The maximum atomic E-state index is 13.4. The molecule has 0 aliphatic heterocycles. The largest absolute Gasteiger partial charge is 0.493 e. The van der Waals surface area contributed by atoms with Crippen LogP contribution in [0.1, 0.15) is 51.7 Å². The number of ether oxygens (including phenoxy) is 3. The third-order valence-electron chi connectivity index (χ3n) is 5.00. The third kappa shape index (κ3) is 7.97. The molecule has 0 aliphatic carbocycles. The molecule has 0 spiro atoms. The van der Waals surface area contributed by atoms with Crippen LogP contribution < -0.4 is 5.32 Å². The number of amides is 1. The monoisotopic (exact) mass is 498 g/mol. The lowest BCUT2D eigenvalue weighted by Crippen LogP contribution is -2.42. The second-order valence-electron chi connectivity index (χ2n) is 7.50. The zero-order valence-electron chi connectivity index (χ0n) is 20.4. The van der Waals surface area contributed by atoms with E-state index in [0.717, 1.165) is 13.0 Å². The van der Waals surface area contributed by atoms with Crippen LogP contribution in [0.4, 0.5) is 13.2 Å². The van der Waals surface area contributed by atoms with Crippen LogP contribution in [-0.2, 0) is 34.8 Å². The number of esters is 2. The summed E-state index contributed by atoms with van der Waals surface area (Å²) in [4.78, 5) is 40.4. The number of allylic oxidation sites excluding steroid dienone is 1. The topological polar surface area (TPSA) is 103 Å². The zero-order valence-corrected chi connectivity index (χ0v) is 20.4. The number of hydrogen-bond donors (Lipinski definition) is 1. The van der Waals surface area contributed by atoms with Crippen molar-refractivity contribution >= 4 is 24.6 Å². The third-order valence-corrected chi connectivity index (χ3v) is 5.00. The lowest BCUT2D eigenvalue weighted by Gasteiger charge is -2.25. The van der Waals surface area contributed by atoms with E-state index in [1.54, 1.807) is 6.92 Å². The van der Waals surface area contributed by atoms with Crippen molar-refractivity contribution in [3.8, 4) is 0 Å². The molecule has 192 valence electrons. The Balaban J connectivity index is 3.06. The maximum Gasteiger partial charge on any atom is 0.416 e. The van der Waals surface area contributed by atoms with Gasteiger partial charge in [-0.05, 0) is 45.2 Å². The molecule has 0 unspecified atom stereocenters. The van der Waals surface area contributed by atoms with E-state index in [0.29, 0.717) is 0 Å². The van der Waals surface area contributed by atoms with Crippen LogP contribution in [0.2, 0.25) is 0 Å². The summed E-state index contributed by atoms with van der Waals surface area (Å²) in [6.45, 7) is 10.3. The van der Waals surface area contributed by atoms with Gasteiger partial charge in [0.05, 0.1) is 12.7 Å². The molecule has 1 amide bonds. The molecule has 0 fully saturated rings. The van der Waals surface area contributed by atoms with Gasteiger partial charge < -0.3 is 19.5 Å². The maximum absolute atomic E-state index is 13.4. The van der Waals surface area contributed by atoms with E-state index < -0.39 is 53.3 Å². The molecule has 0 heterocycles. The van der Waals surface area contributed by atoms with Gasteiger partial charge in [0, 0.05) is 12.8 Å². The van der Waals surface area contributed by atoms with E-state index in [2.05, 4.69) is 17.0 Å². The smallest absolute Gasteiger partial charge is 0.416 e. The summed E-state index contributed by atoms with van der Waals surface area (Å²) in [5, 5.41) is 2.35. The molecule has 0 aromatic heterocycles. The minimum atomic E-state index is -4.57. The van der Waals surface area contributed by atoms with Crippen molar-refractivity contribution in [3.63, 3.8) is 0 Å². The van der Waals surface area contributed by atoms with Crippen LogP contribution in [0.5, 0.6) is 0 Å². The van der Waals surface area contributed by atoms with Crippen molar-refractivity contribution < 1.29 is 41.8 Å². The average Bonchev–Trinajstić information content (AvgIpc) is 2.78. The summed E-state index contributed by atoms with van der Waals surface area (Å²) in [6.07, 6.45) is -4.09. The first kappa shape index (κ1) is 29.4. The molecule has 1 rings (SSSR count). The summed E-state index contributed by atoms with van der Waals surface area (Å²) in [5.74, 6) is -3.63. The van der Waals surface area contributed by atoms with Gasteiger partial charge in [0.15, 0.2) is 11.5 Å².